The third kappa shape index (κ3) is 4.00. The summed E-state index contributed by atoms with van der Waals surface area (Å²) in [6, 6.07) is 18.9. The van der Waals surface area contributed by atoms with Gasteiger partial charge in [0.15, 0.2) is 9.64 Å². The van der Waals surface area contributed by atoms with Gasteiger partial charge in [-0.3, -0.25) is 4.79 Å². The number of carbonyl (C=O) groups is 1. The molecule has 3 rings (SSSR count). The molecule has 0 aromatic heterocycles. The maximum absolute atomic E-state index is 13.2. The summed E-state index contributed by atoms with van der Waals surface area (Å²) in [6.07, 6.45) is 8.84. The Morgan fingerprint density at radius 2 is 1.52 bits per heavy atom. The highest BCUT2D eigenvalue weighted by Crippen LogP contribution is 2.34. The van der Waals surface area contributed by atoms with Crippen molar-refractivity contribution < 1.29 is 4.79 Å². The van der Waals surface area contributed by atoms with E-state index in [-0.39, 0.29) is 16.7 Å². The Bertz CT molecular complexity index is 697. The average molecular weight is 354 g/mol. The van der Waals surface area contributed by atoms with Gasteiger partial charge >= 0.3 is 0 Å². The molecule has 25 heavy (non-hydrogen) atoms. The second-order valence-electron chi connectivity index (χ2n) is 7.62. The SMILES string of the molecule is C[S+](c1ccccc1)C(C)(C)C(=O)c1ccc(C2CCCCC2)cc1. The Kier molecular flexibility index (Phi) is 5.68. The topological polar surface area (TPSA) is 17.1 Å². The number of ketones is 1. The normalized spacial score (nSPS) is 17.2. The zero-order chi connectivity index (χ0) is 17.9. The molecule has 1 fully saturated rings. The van der Waals surface area contributed by atoms with Gasteiger partial charge in [-0.25, -0.2) is 0 Å². The number of rotatable bonds is 5. The molecule has 1 saturated carbocycles. The maximum Gasteiger partial charge on any atom is 0.217 e. The number of carbonyl (C=O) groups excluding carboxylic acids is 1. The molecule has 1 nitrogen and oxygen atoms in total. The molecule has 0 amide bonds. The Balaban J connectivity index is 1.77. The summed E-state index contributed by atoms with van der Waals surface area (Å²) < 4.78 is -0.395. The molecule has 0 spiro atoms. The molecule has 1 unspecified atom stereocenters. The minimum Gasteiger partial charge on any atom is -0.288 e. The van der Waals surface area contributed by atoms with Crippen LogP contribution in [-0.4, -0.2) is 16.8 Å². The van der Waals surface area contributed by atoms with Gasteiger partial charge in [0.1, 0.15) is 6.26 Å². The van der Waals surface area contributed by atoms with Gasteiger partial charge in [0.05, 0.1) is 0 Å². The van der Waals surface area contributed by atoms with Crippen LogP contribution in [0.1, 0.15) is 67.8 Å². The van der Waals surface area contributed by atoms with Crippen molar-refractivity contribution in [1.82, 2.24) is 0 Å². The summed E-state index contributed by atoms with van der Waals surface area (Å²) in [5, 5.41) is 0. The van der Waals surface area contributed by atoms with Crippen LogP contribution < -0.4 is 0 Å². The zero-order valence-corrected chi connectivity index (χ0v) is 16.4. The predicted molar refractivity (Wildman–Crippen MR) is 109 cm³/mol. The van der Waals surface area contributed by atoms with Crippen molar-refractivity contribution in [1.29, 1.82) is 0 Å². The van der Waals surface area contributed by atoms with Gasteiger partial charge in [-0.15, -0.1) is 0 Å². The van der Waals surface area contributed by atoms with Crippen molar-refractivity contribution in [3.8, 4) is 0 Å². The number of hydrogen-bond donors (Lipinski definition) is 0. The van der Waals surface area contributed by atoms with E-state index in [1.807, 2.05) is 6.07 Å². The Morgan fingerprint density at radius 1 is 0.920 bits per heavy atom. The predicted octanol–water partition coefficient (Wildman–Crippen LogP) is 6.00. The fourth-order valence-corrected chi connectivity index (χ4v) is 5.30. The van der Waals surface area contributed by atoms with Crippen LogP contribution in [0.4, 0.5) is 0 Å². The lowest BCUT2D eigenvalue weighted by Crippen LogP contribution is -2.40. The summed E-state index contributed by atoms with van der Waals surface area (Å²) in [5.74, 6) is 0.938. The highest BCUT2D eigenvalue weighted by Gasteiger charge is 2.44. The van der Waals surface area contributed by atoms with Crippen LogP contribution in [0.2, 0.25) is 0 Å². The molecule has 0 bridgehead atoms. The Hall–Kier alpha value is -1.54. The first-order valence-electron chi connectivity index (χ1n) is 9.36. The summed E-state index contributed by atoms with van der Waals surface area (Å²) in [6.45, 7) is 4.17. The highest BCUT2D eigenvalue weighted by molar-refractivity contribution is 7.98. The molecule has 0 N–H and O–H groups in total. The smallest absolute Gasteiger partial charge is 0.217 e. The molecule has 0 saturated heterocycles. The van der Waals surface area contributed by atoms with E-state index in [0.29, 0.717) is 5.92 Å². The third-order valence-corrected chi connectivity index (χ3v) is 8.35. The fourth-order valence-electron chi connectivity index (χ4n) is 3.75. The number of hydrogen-bond acceptors (Lipinski definition) is 1. The molecule has 2 aromatic rings. The van der Waals surface area contributed by atoms with E-state index in [1.54, 1.807) is 0 Å². The van der Waals surface area contributed by atoms with Crippen molar-refractivity contribution in [2.75, 3.05) is 6.26 Å². The maximum atomic E-state index is 13.2. The third-order valence-electron chi connectivity index (χ3n) is 5.66. The van der Waals surface area contributed by atoms with Gasteiger partial charge in [0.25, 0.3) is 0 Å². The number of benzene rings is 2. The van der Waals surface area contributed by atoms with Crippen molar-refractivity contribution in [2.24, 2.45) is 0 Å². The van der Waals surface area contributed by atoms with E-state index < -0.39 is 4.75 Å². The zero-order valence-electron chi connectivity index (χ0n) is 15.6. The van der Waals surface area contributed by atoms with E-state index in [0.717, 1.165) is 5.56 Å². The first kappa shape index (κ1) is 18.3. The van der Waals surface area contributed by atoms with Crippen molar-refractivity contribution in [2.45, 2.75) is 61.5 Å². The van der Waals surface area contributed by atoms with E-state index >= 15 is 0 Å². The molecule has 1 aliphatic rings. The van der Waals surface area contributed by atoms with Crippen LogP contribution in [-0.2, 0) is 10.9 Å². The fraction of sp³-hybridized carbons (Fsp3) is 0.435. The van der Waals surface area contributed by atoms with Gasteiger partial charge in [0, 0.05) is 16.5 Å². The van der Waals surface area contributed by atoms with Crippen molar-refractivity contribution >= 4 is 16.7 Å². The lowest BCUT2D eigenvalue weighted by atomic mass is 9.83. The van der Waals surface area contributed by atoms with Gasteiger partial charge in [-0.05, 0) is 50.3 Å². The standard InChI is InChI=1S/C23H29OS/c1-23(2,25(3)21-12-8-5-9-13-21)22(24)20-16-14-19(15-17-20)18-10-6-4-7-11-18/h5,8-9,12-18H,4,6-7,10-11H2,1-3H3/q+1. The number of Topliss-reactive ketones (excluding diaryl/α,β-unsaturated/α-hetero) is 1. The summed E-state index contributed by atoms with van der Waals surface area (Å²) in [7, 11) is -0.134. The van der Waals surface area contributed by atoms with E-state index in [4.69, 9.17) is 0 Å². The summed E-state index contributed by atoms with van der Waals surface area (Å²) in [4.78, 5) is 14.4. The molecular formula is C23H29OS+. The monoisotopic (exact) mass is 353 g/mol. The average Bonchev–Trinajstić information content (AvgIpc) is 2.68. The lowest BCUT2D eigenvalue weighted by Gasteiger charge is -2.24. The highest BCUT2D eigenvalue weighted by atomic mass is 32.2. The second kappa shape index (κ2) is 7.78. The minimum atomic E-state index is -0.395. The quantitative estimate of drug-likeness (QED) is 0.476. The molecule has 0 aliphatic heterocycles. The van der Waals surface area contributed by atoms with Crippen LogP contribution in [0.15, 0.2) is 59.5 Å². The van der Waals surface area contributed by atoms with Gasteiger partial charge in [0.2, 0.25) is 5.78 Å². The molecule has 0 radical (unpaired) electrons. The van der Waals surface area contributed by atoms with Crippen molar-refractivity contribution in [3.05, 3.63) is 65.7 Å². The van der Waals surface area contributed by atoms with Gasteiger partial charge in [-0.1, -0.05) is 61.7 Å². The molecule has 132 valence electrons. The lowest BCUT2D eigenvalue weighted by molar-refractivity contribution is 0.0956. The second-order valence-corrected chi connectivity index (χ2v) is 10.1. The van der Waals surface area contributed by atoms with Crippen LogP contribution in [0.5, 0.6) is 0 Å². The molecule has 1 aliphatic carbocycles. The van der Waals surface area contributed by atoms with Crippen LogP contribution in [0, 0.1) is 0 Å². The van der Waals surface area contributed by atoms with E-state index in [9.17, 15) is 4.79 Å². The van der Waals surface area contributed by atoms with E-state index in [1.165, 1.54) is 42.6 Å². The molecule has 1 atom stereocenters. The van der Waals surface area contributed by atoms with Crippen LogP contribution >= 0.6 is 0 Å². The Labute approximate surface area is 155 Å². The molecular weight excluding hydrogens is 324 g/mol. The van der Waals surface area contributed by atoms with Gasteiger partial charge < -0.3 is 0 Å². The molecule has 0 heterocycles. The van der Waals surface area contributed by atoms with Crippen LogP contribution in [0.3, 0.4) is 0 Å². The van der Waals surface area contributed by atoms with Gasteiger partial charge in [-0.2, -0.15) is 0 Å². The first-order valence-corrected chi connectivity index (χ1v) is 11.0. The van der Waals surface area contributed by atoms with Crippen molar-refractivity contribution in [3.63, 3.8) is 0 Å². The Morgan fingerprint density at radius 3 is 2.12 bits per heavy atom. The summed E-state index contributed by atoms with van der Waals surface area (Å²) in [5.41, 5.74) is 2.26. The largest absolute Gasteiger partial charge is 0.288 e. The molecule has 2 heteroatoms. The molecule has 2 aromatic carbocycles. The van der Waals surface area contributed by atoms with E-state index in [2.05, 4.69) is 68.6 Å². The van der Waals surface area contributed by atoms with Crippen LogP contribution in [0.25, 0.3) is 0 Å². The minimum absolute atomic E-state index is 0.134. The first-order chi connectivity index (χ1) is 12.0. The summed E-state index contributed by atoms with van der Waals surface area (Å²) >= 11 is 0.